The average molecular weight is 456 g/mol. The highest BCUT2D eigenvalue weighted by molar-refractivity contribution is 5.83. The Kier molecular flexibility index (Phi) is 9.27. The first kappa shape index (κ1) is 24.1. The molecular formula is C27H27N4O3+. The van der Waals surface area contributed by atoms with E-state index in [2.05, 4.69) is 20.9 Å². The van der Waals surface area contributed by atoms with Gasteiger partial charge >= 0.3 is 6.07 Å². The fourth-order valence-corrected chi connectivity index (χ4v) is 2.95. The van der Waals surface area contributed by atoms with Gasteiger partial charge in [-0.1, -0.05) is 41.2 Å². The molecule has 0 aliphatic carbocycles. The first-order valence-electron chi connectivity index (χ1n) is 10.8. The van der Waals surface area contributed by atoms with Crippen molar-refractivity contribution in [1.82, 2.24) is 4.90 Å². The van der Waals surface area contributed by atoms with E-state index in [0.717, 1.165) is 0 Å². The predicted molar refractivity (Wildman–Crippen MR) is 136 cm³/mol. The highest BCUT2D eigenvalue weighted by Gasteiger charge is 2.05. The van der Waals surface area contributed by atoms with Crippen LogP contribution in [0, 0.1) is 6.07 Å². The summed E-state index contributed by atoms with van der Waals surface area (Å²) in [7, 11) is 0. The van der Waals surface area contributed by atoms with Gasteiger partial charge in [0.15, 0.2) is 0 Å². The van der Waals surface area contributed by atoms with E-state index >= 15 is 0 Å². The van der Waals surface area contributed by atoms with Gasteiger partial charge in [0.25, 0.3) is 6.54 Å². The highest BCUT2D eigenvalue weighted by atomic mass is 16.3. The number of nitrogens with zero attached hydrogens (tertiary/aromatic N) is 4. The van der Waals surface area contributed by atoms with Crippen molar-refractivity contribution in [3.05, 3.63) is 107 Å². The number of phenols is 3. The third-order valence-corrected chi connectivity index (χ3v) is 4.80. The van der Waals surface area contributed by atoms with Crippen LogP contribution in [-0.2, 0) is 0 Å². The molecule has 0 bridgehead atoms. The van der Waals surface area contributed by atoms with Crippen molar-refractivity contribution in [1.29, 1.82) is 0 Å². The Morgan fingerprint density at radius 2 is 1.38 bits per heavy atom. The van der Waals surface area contributed by atoms with Gasteiger partial charge in [-0.3, -0.25) is 9.98 Å². The third kappa shape index (κ3) is 7.84. The van der Waals surface area contributed by atoms with Crippen molar-refractivity contribution in [2.45, 2.75) is 0 Å². The van der Waals surface area contributed by atoms with Gasteiger partial charge in [0.05, 0.1) is 13.1 Å². The first-order valence-corrected chi connectivity index (χ1v) is 10.8. The van der Waals surface area contributed by atoms with Gasteiger partial charge in [0.1, 0.15) is 22.8 Å². The molecule has 0 atom stereocenters. The van der Waals surface area contributed by atoms with Gasteiger partial charge in [-0.15, -0.1) is 0 Å². The van der Waals surface area contributed by atoms with Crippen LogP contribution in [0.4, 0.5) is 0 Å². The van der Waals surface area contributed by atoms with Crippen LogP contribution in [0.25, 0.3) is 4.85 Å². The zero-order valence-electron chi connectivity index (χ0n) is 18.7. The van der Waals surface area contributed by atoms with E-state index in [0.29, 0.717) is 42.9 Å². The predicted octanol–water partition coefficient (Wildman–Crippen LogP) is 4.50. The lowest BCUT2D eigenvalue weighted by atomic mass is 10.2. The summed E-state index contributed by atoms with van der Waals surface area (Å²) in [6.45, 7) is 2.17. The lowest BCUT2D eigenvalue weighted by molar-refractivity contribution is 0.403. The molecule has 0 saturated heterocycles. The Balaban J connectivity index is 1.61. The summed E-state index contributed by atoms with van der Waals surface area (Å²) in [4.78, 5) is 15.0. The molecule has 0 fully saturated rings. The molecule has 0 spiro atoms. The molecule has 0 aliphatic rings. The summed E-state index contributed by atoms with van der Waals surface area (Å²) in [5, 5.41) is 29.5. The van der Waals surface area contributed by atoms with Gasteiger partial charge in [0.2, 0.25) is 0 Å². The average Bonchev–Trinajstić information content (AvgIpc) is 2.84. The minimum absolute atomic E-state index is 0.139. The Morgan fingerprint density at radius 3 is 2.06 bits per heavy atom. The number of hydrogen-bond acceptors (Lipinski definition) is 6. The smallest absolute Gasteiger partial charge is 0.315 e. The van der Waals surface area contributed by atoms with Crippen molar-refractivity contribution in [3.63, 3.8) is 0 Å². The standard InChI is InChI=1S/C27H26N4O3/c32-25-10-4-1-7-22(25)19-28-13-16-31(17-14-29-20-23-8-2-5-11-26(23)33)18-15-30-21-24-9-3-6-12-27(24)34/h1-13,16,19-20H,14-15,17-18H2,(H2,28,29,32,33)/p+1/b16-13-. The van der Waals surface area contributed by atoms with Crippen LogP contribution in [-0.4, -0.2) is 58.8 Å². The Bertz CT molecular complexity index is 1230. The number of para-hydroxylation sites is 3. The van der Waals surface area contributed by atoms with Crippen LogP contribution in [0.1, 0.15) is 16.7 Å². The van der Waals surface area contributed by atoms with E-state index < -0.39 is 0 Å². The second-order valence-electron chi connectivity index (χ2n) is 7.28. The van der Waals surface area contributed by atoms with Crippen molar-refractivity contribution < 1.29 is 15.3 Å². The summed E-state index contributed by atoms with van der Waals surface area (Å²) in [6, 6.07) is 23.8. The fourth-order valence-electron chi connectivity index (χ4n) is 2.95. The number of aliphatic imine (C=N–C) groups is 2. The van der Waals surface area contributed by atoms with Gasteiger partial charge in [-0.25, -0.2) is 0 Å². The quantitative estimate of drug-likeness (QED) is 0.414. The molecule has 0 saturated carbocycles. The Labute approximate surface area is 199 Å². The second-order valence-corrected chi connectivity index (χ2v) is 7.28. The van der Waals surface area contributed by atoms with Crippen LogP contribution in [0.15, 0.2) is 95.2 Å². The monoisotopic (exact) mass is 455 g/mol. The Hall–Kier alpha value is -4.57. The molecule has 7 nitrogen and oxygen atoms in total. The summed E-state index contributed by atoms with van der Waals surface area (Å²) in [5.41, 5.74) is 1.84. The van der Waals surface area contributed by atoms with Gasteiger partial charge in [-0.2, -0.15) is 0 Å². The molecule has 34 heavy (non-hydrogen) atoms. The third-order valence-electron chi connectivity index (χ3n) is 4.80. The van der Waals surface area contributed by atoms with Gasteiger partial charge in [-0.05, 0) is 36.4 Å². The molecule has 3 aromatic rings. The molecule has 0 unspecified atom stereocenters. The van der Waals surface area contributed by atoms with E-state index in [-0.39, 0.29) is 17.2 Å². The zero-order valence-corrected chi connectivity index (χ0v) is 18.7. The van der Waals surface area contributed by atoms with Crippen molar-refractivity contribution in [2.24, 2.45) is 9.98 Å². The van der Waals surface area contributed by atoms with Gasteiger partial charge in [0, 0.05) is 42.5 Å². The fraction of sp³-hybridized carbons (Fsp3) is 0.148. The van der Waals surface area contributed by atoms with Crippen molar-refractivity contribution in [3.8, 4) is 23.3 Å². The van der Waals surface area contributed by atoms with Crippen LogP contribution in [0.5, 0.6) is 17.2 Å². The van der Waals surface area contributed by atoms with E-state index in [1.165, 1.54) is 0 Å². The molecule has 0 aliphatic heterocycles. The molecule has 0 radical (unpaired) electrons. The minimum Gasteiger partial charge on any atom is -0.507 e. The maximum Gasteiger partial charge on any atom is 0.315 e. The van der Waals surface area contributed by atoms with Gasteiger partial charge < -0.3 is 20.2 Å². The second kappa shape index (κ2) is 13.1. The molecule has 0 aromatic heterocycles. The molecule has 7 heteroatoms. The lowest BCUT2D eigenvalue weighted by Crippen LogP contribution is -2.23. The molecule has 172 valence electrons. The number of phenolic OH excluding ortho intramolecular Hbond substituents is 3. The van der Waals surface area contributed by atoms with Crippen LogP contribution < -0.4 is 0 Å². The number of aromatic hydroxyl groups is 3. The normalized spacial score (nSPS) is 11.2. The van der Waals surface area contributed by atoms with Crippen LogP contribution >= 0.6 is 0 Å². The largest absolute Gasteiger partial charge is 0.507 e. The van der Waals surface area contributed by atoms with Crippen LogP contribution in [0.2, 0.25) is 0 Å². The molecule has 0 amide bonds. The number of benzene rings is 3. The summed E-state index contributed by atoms with van der Waals surface area (Å²) < 4.78 is 0. The lowest BCUT2D eigenvalue weighted by Gasteiger charge is -2.15. The summed E-state index contributed by atoms with van der Waals surface area (Å²) >= 11 is 0. The van der Waals surface area contributed by atoms with E-state index in [9.17, 15) is 15.3 Å². The summed E-state index contributed by atoms with van der Waals surface area (Å²) in [6.07, 6.45) is 6.72. The highest BCUT2D eigenvalue weighted by Crippen LogP contribution is 2.14. The van der Waals surface area contributed by atoms with E-state index in [4.69, 9.17) is 0 Å². The van der Waals surface area contributed by atoms with Crippen molar-refractivity contribution >= 4 is 12.4 Å². The minimum atomic E-state index is 0.139. The van der Waals surface area contributed by atoms with E-state index in [1.807, 2.05) is 29.3 Å². The molecular weight excluding hydrogens is 428 g/mol. The molecule has 3 rings (SSSR count). The molecule has 0 heterocycles. The molecule has 3 aromatic carbocycles. The van der Waals surface area contributed by atoms with E-state index in [1.54, 1.807) is 73.2 Å². The maximum absolute atomic E-state index is 9.85. The Morgan fingerprint density at radius 1 is 0.765 bits per heavy atom. The molecule has 3 N–H and O–H groups in total. The SMILES string of the molecule is Oc1ccccc1C#[N+]CCN(/C=C\N=Cc1ccccc1O)CCN=Cc1ccccc1O. The van der Waals surface area contributed by atoms with Crippen molar-refractivity contribution in [2.75, 3.05) is 26.2 Å². The number of hydrogen-bond donors (Lipinski definition) is 3. The maximum atomic E-state index is 9.85. The zero-order chi connectivity index (χ0) is 24.0. The van der Waals surface area contributed by atoms with Crippen LogP contribution in [0.3, 0.4) is 0 Å². The number of rotatable bonds is 9. The topological polar surface area (TPSA) is 93.0 Å². The first-order chi connectivity index (χ1) is 16.6. The summed E-state index contributed by atoms with van der Waals surface area (Å²) in [5.74, 6) is 0.500.